The summed E-state index contributed by atoms with van der Waals surface area (Å²) in [6.07, 6.45) is 1.58. The van der Waals surface area contributed by atoms with Crippen molar-refractivity contribution < 1.29 is 8.42 Å². The molecular weight excluding hydrogens is 276 g/mol. The van der Waals surface area contributed by atoms with E-state index in [-0.39, 0.29) is 4.90 Å². The van der Waals surface area contributed by atoms with Crippen LogP contribution in [0, 0.1) is 6.92 Å². The number of pyridine rings is 1. The Labute approximate surface area is 118 Å². The lowest BCUT2D eigenvalue weighted by Gasteiger charge is -2.06. The van der Waals surface area contributed by atoms with Crippen LogP contribution in [-0.4, -0.2) is 18.0 Å². The standard InChI is InChI=1S/C13H18N4O2S/c1-3-17-9-12(7-11(17)8-14)20(18,19)16-13-6-4-5-10(2)15-13/h4-7,9H,3,8,14H2,1-2H3,(H,15,16). The van der Waals surface area contributed by atoms with Crippen molar-refractivity contribution >= 4 is 15.8 Å². The third-order valence-corrected chi connectivity index (χ3v) is 4.27. The van der Waals surface area contributed by atoms with Gasteiger partial charge in [0.2, 0.25) is 0 Å². The van der Waals surface area contributed by atoms with E-state index in [0.717, 1.165) is 11.4 Å². The van der Waals surface area contributed by atoms with Crippen LogP contribution in [0.15, 0.2) is 35.4 Å². The molecule has 2 heterocycles. The molecule has 0 unspecified atom stereocenters. The fourth-order valence-electron chi connectivity index (χ4n) is 1.93. The second kappa shape index (κ2) is 5.64. The maximum Gasteiger partial charge on any atom is 0.264 e. The zero-order chi connectivity index (χ0) is 14.8. The van der Waals surface area contributed by atoms with E-state index in [2.05, 4.69) is 9.71 Å². The van der Waals surface area contributed by atoms with Crippen molar-refractivity contribution in [1.82, 2.24) is 9.55 Å². The quantitative estimate of drug-likeness (QED) is 0.873. The first-order chi connectivity index (χ1) is 9.46. The van der Waals surface area contributed by atoms with Crippen molar-refractivity contribution in [2.75, 3.05) is 4.72 Å². The number of hydrogen-bond donors (Lipinski definition) is 2. The van der Waals surface area contributed by atoms with Crippen LogP contribution in [0.25, 0.3) is 0 Å². The maximum atomic E-state index is 12.3. The molecule has 108 valence electrons. The average molecular weight is 294 g/mol. The zero-order valence-corrected chi connectivity index (χ0v) is 12.3. The van der Waals surface area contributed by atoms with Gasteiger partial charge in [-0.15, -0.1) is 0 Å². The Hall–Kier alpha value is -1.86. The molecule has 0 aliphatic heterocycles. The molecule has 0 aliphatic rings. The first kappa shape index (κ1) is 14.5. The van der Waals surface area contributed by atoms with E-state index < -0.39 is 10.0 Å². The number of nitrogens with one attached hydrogen (secondary N) is 1. The predicted molar refractivity (Wildman–Crippen MR) is 77.8 cm³/mol. The Morgan fingerprint density at radius 2 is 2.15 bits per heavy atom. The highest BCUT2D eigenvalue weighted by Crippen LogP contribution is 2.17. The molecule has 0 spiro atoms. The number of nitrogens with zero attached hydrogens (tertiary/aromatic N) is 2. The number of hydrogen-bond acceptors (Lipinski definition) is 4. The van der Waals surface area contributed by atoms with Crippen LogP contribution in [0.2, 0.25) is 0 Å². The summed E-state index contributed by atoms with van der Waals surface area (Å²) in [6.45, 7) is 4.71. The molecular formula is C13H18N4O2S. The Bertz CT molecular complexity index is 685. The van der Waals surface area contributed by atoms with Crippen molar-refractivity contribution in [3.63, 3.8) is 0 Å². The minimum atomic E-state index is -3.64. The topological polar surface area (TPSA) is 90.0 Å². The fourth-order valence-corrected chi connectivity index (χ4v) is 3.00. The Balaban J connectivity index is 2.33. The third kappa shape index (κ3) is 3.00. The lowest BCUT2D eigenvalue weighted by Crippen LogP contribution is -2.13. The van der Waals surface area contributed by atoms with Crippen molar-refractivity contribution in [2.45, 2.75) is 31.8 Å². The number of sulfonamides is 1. The first-order valence-electron chi connectivity index (χ1n) is 6.32. The van der Waals surface area contributed by atoms with Gasteiger partial charge in [-0.25, -0.2) is 13.4 Å². The molecule has 0 fully saturated rings. The van der Waals surface area contributed by atoms with Crippen molar-refractivity contribution in [3.8, 4) is 0 Å². The van der Waals surface area contributed by atoms with Gasteiger partial charge >= 0.3 is 0 Å². The summed E-state index contributed by atoms with van der Waals surface area (Å²) in [4.78, 5) is 4.33. The normalized spacial score (nSPS) is 11.6. The molecule has 2 aromatic rings. The summed E-state index contributed by atoms with van der Waals surface area (Å²) in [6, 6.07) is 6.76. The Morgan fingerprint density at radius 3 is 2.70 bits per heavy atom. The van der Waals surface area contributed by atoms with Crippen LogP contribution in [0.5, 0.6) is 0 Å². The Kier molecular flexibility index (Phi) is 4.10. The van der Waals surface area contributed by atoms with Crippen LogP contribution in [0.4, 0.5) is 5.82 Å². The predicted octanol–water partition coefficient (Wildman–Crippen LogP) is 1.47. The summed E-state index contributed by atoms with van der Waals surface area (Å²) in [5.41, 5.74) is 7.14. The third-order valence-electron chi connectivity index (χ3n) is 2.95. The molecule has 0 atom stereocenters. The van der Waals surface area contributed by atoms with Crippen molar-refractivity contribution in [2.24, 2.45) is 5.73 Å². The lowest BCUT2D eigenvalue weighted by atomic mass is 10.4. The molecule has 2 aromatic heterocycles. The minimum absolute atomic E-state index is 0.197. The van der Waals surface area contributed by atoms with Crippen molar-refractivity contribution in [3.05, 3.63) is 41.9 Å². The molecule has 6 nitrogen and oxygen atoms in total. The van der Waals surface area contributed by atoms with Gasteiger partial charge in [-0.05, 0) is 32.0 Å². The van der Waals surface area contributed by atoms with Crippen LogP contribution in [-0.2, 0) is 23.1 Å². The smallest absolute Gasteiger partial charge is 0.264 e. The minimum Gasteiger partial charge on any atom is -0.349 e. The van der Waals surface area contributed by atoms with E-state index in [1.54, 1.807) is 37.4 Å². The van der Waals surface area contributed by atoms with Crippen molar-refractivity contribution in [1.29, 1.82) is 0 Å². The summed E-state index contributed by atoms with van der Waals surface area (Å²) in [5, 5.41) is 0. The van der Waals surface area contributed by atoms with Crippen LogP contribution < -0.4 is 10.5 Å². The van der Waals surface area contributed by atoms with Gasteiger partial charge in [-0.1, -0.05) is 6.07 Å². The van der Waals surface area contributed by atoms with Gasteiger partial charge in [0.25, 0.3) is 10.0 Å². The average Bonchev–Trinajstić information content (AvgIpc) is 2.82. The lowest BCUT2D eigenvalue weighted by molar-refractivity contribution is 0.600. The molecule has 0 aromatic carbocycles. The van der Waals surface area contributed by atoms with E-state index in [4.69, 9.17) is 5.73 Å². The first-order valence-corrected chi connectivity index (χ1v) is 7.80. The van der Waals surface area contributed by atoms with Gasteiger partial charge in [-0.2, -0.15) is 0 Å². The van der Waals surface area contributed by atoms with E-state index >= 15 is 0 Å². The highest BCUT2D eigenvalue weighted by atomic mass is 32.2. The number of aryl methyl sites for hydroxylation is 2. The molecule has 0 radical (unpaired) electrons. The SMILES string of the molecule is CCn1cc(S(=O)(=O)Nc2cccc(C)n2)cc1CN. The summed E-state index contributed by atoms with van der Waals surface area (Å²) >= 11 is 0. The van der Waals surface area contributed by atoms with Gasteiger partial charge < -0.3 is 10.3 Å². The molecule has 7 heteroatoms. The molecule has 3 N–H and O–H groups in total. The van der Waals surface area contributed by atoms with E-state index in [1.165, 1.54) is 0 Å². The molecule has 0 saturated carbocycles. The van der Waals surface area contributed by atoms with Gasteiger partial charge in [0, 0.05) is 30.7 Å². The largest absolute Gasteiger partial charge is 0.349 e. The highest BCUT2D eigenvalue weighted by molar-refractivity contribution is 7.92. The number of aromatic nitrogens is 2. The zero-order valence-electron chi connectivity index (χ0n) is 11.5. The van der Waals surface area contributed by atoms with E-state index in [1.807, 2.05) is 11.5 Å². The molecule has 0 aliphatic carbocycles. The van der Waals surface area contributed by atoms with Gasteiger partial charge in [0.1, 0.15) is 10.7 Å². The number of rotatable bonds is 5. The monoisotopic (exact) mass is 294 g/mol. The van der Waals surface area contributed by atoms with Gasteiger partial charge in [0.05, 0.1) is 0 Å². The molecule has 2 rings (SSSR count). The summed E-state index contributed by atoms with van der Waals surface area (Å²) in [5.74, 6) is 0.309. The summed E-state index contributed by atoms with van der Waals surface area (Å²) < 4.78 is 28.9. The van der Waals surface area contributed by atoms with Crippen LogP contribution in [0.1, 0.15) is 18.3 Å². The molecule has 0 amide bonds. The van der Waals surface area contributed by atoms with Gasteiger partial charge in [-0.3, -0.25) is 4.72 Å². The number of nitrogens with two attached hydrogens (primary N) is 1. The second-order valence-electron chi connectivity index (χ2n) is 4.43. The highest BCUT2D eigenvalue weighted by Gasteiger charge is 2.18. The number of anilines is 1. The van der Waals surface area contributed by atoms with E-state index in [9.17, 15) is 8.42 Å². The van der Waals surface area contributed by atoms with Crippen LogP contribution in [0.3, 0.4) is 0 Å². The van der Waals surface area contributed by atoms with E-state index in [0.29, 0.717) is 18.9 Å². The molecule has 0 saturated heterocycles. The molecule has 20 heavy (non-hydrogen) atoms. The fraction of sp³-hybridized carbons (Fsp3) is 0.308. The van der Waals surface area contributed by atoms with Gasteiger partial charge in [0.15, 0.2) is 0 Å². The maximum absolute atomic E-state index is 12.3. The second-order valence-corrected chi connectivity index (χ2v) is 6.11. The Morgan fingerprint density at radius 1 is 1.40 bits per heavy atom. The molecule has 0 bridgehead atoms. The van der Waals surface area contributed by atoms with Crippen LogP contribution >= 0.6 is 0 Å². The summed E-state index contributed by atoms with van der Waals surface area (Å²) in [7, 11) is -3.64.